The van der Waals surface area contributed by atoms with Gasteiger partial charge < -0.3 is 29.7 Å². The summed E-state index contributed by atoms with van der Waals surface area (Å²) in [5.41, 5.74) is 4.42. The van der Waals surface area contributed by atoms with Crippen molar-refractivity contribution in [1.29, 1.82) is 0 Å². The van der Waals surface area contributed by atoms with Crippen LogP contribution in [0.1, 0.15) is 94.7 Å². The van der Waals surface area contributed by atoms with Crippen molar-refractivity contribution in [1.82, 2.24) is 34.6 Å². The minimum absolute atomic E-state index is 0.154. The molecule has 3 aliphatic rings. The monoisotopic (exact) mass is 763 g/mol. The van der Waals surface area contributed by atoms with Crippen LogP contribution in [0.3, 0.4) is 0 Å². The Kier molecular flexibility index (Phi) is 11.5. The second kappa shape index (κ2) is 16.6. The number of rotatable bonds is 10. The first-order valence-corrected chi connectivity index (χ1v) is 19.5. The van der Waals surface area contributed by atoms with Gasteiger partial charge in [-0.25, -0.2) is 9.48 Å². The van der Waals surface area contributed by atoms with Gasteiger partial charge in [0.25, 0.3) is 6.47 Å². The Bertz CT molecular complexity index is 2120. The van der Waals surface area contributed by atoms with Crippen LogP contribution in [0.15, 0.2) is 72.9 Å². The number of fused-ring (bicyclic) bond motifs is 4. The third-order valence-corrected chi connectivity index (χ3v) is 10.9. The number of nitrogens with zero attached hydrogens (tertiary/aromatic N) is 7. The molecule has 2 amide bonds. The molecule has 2 bridgehead atoms. The van der Waals surface area contributed by atoms with Crippen LogP contribution in [0, 0.1) is 0 Å². The molecular formula is C42H53N9O5. The minimum Gasteiger partial charge on any atom is -0.492 e. The summed E-state index contributed by atoms with van der Waals surface area (Å²) in [6.45, 7) is 7.47. The van der Waals surface area contributed by atoms with Crippen LogP contribution in [0.2, 0.25) is 0 Å². The van der Waals surface area contributed by atoms with Crippen molar-refractivity contribution >= 4 is 29.9 Å². The molecule has 1 aliphatic carbocycles. The number of carbonyl (C=O) groups excluding carboxylic acids is 1. The maximum absolute atomic E-state index is 13.7. The van der Waals surface area contributed by atoms with Crippen LogP contribution in [0.25, 0.3) is 11.3 Å². The molecule has 56 heavy (non-hydrogen) atoms. The average molecular weight is 764 g/mol. The smallest absolute Gasteiger partial charge is 0.320 e. The zero-order chi connectivity index (χ0) is 39.4. The zero-order valence-electron chi connectivity index (χ0n) is 32.9. The van der Waals surface area contributed by atoms with Gasteiger partial charge in [-0.05, 0) is 94.4 Å². The fraction of sp³-hybridized carbons (Fsp3) is 0.452. The summed E-state index contributed by atoms with van der Waals surface area (Å²) in [4.78, 5) is 26.7. The number of benzene rings is 2. The SMILES string of the molecule is CN(C)CCOc1cccc(-n2nc(C(C)(C)C)cc2NC(=O)N[C@H]2CC[C@@H](Oc3ccc4nnc(N5C6CCCC5CC6)n4c3)c3ccccc32)c1.O=CO. The van der Waals surface area contributed by atoms with Gasteiger partial charge in [0.05, 0.1) is 23.6 Å². The molecule has 8 rings (SSSR count). The van der Waals surface area contributed by atoms with E-state index in [9.17, 15) is 4.79 Å². The molecule has 0 spiro atoms. The Morgan fingerprint density at radius 3 is 2.41 bits per heavy atom. The fourth-order valence-electron chi connectivity index (χ4n) is 8.13. The lowest BCUT2D eigenvalue weighted by Crippen LogP contribution is -2.40. The Labute approximate surface area is 327 Å². The van der Waals surface area contributed by atoms with Crippen molar-refractivity contribution in [2.24, 2.45) is 0 Å². The maximum atomic E-state index is 13.7. The highest BCUT2D eigenvalue weighted by Crippen LogP contribution is 2.41. The number of hydrogen-bond donors (Lipinski definition) is 3. The van der Waals surface area contributed by atoms with Crippen molar-refractivity contribution in [2.75, 3.05) is 37.5 Å². The van der Waals surface area contributed by atoms with E-state index in [1.54, 1.807) is 4.68 Å². The zero-order valence-corrected chi connectivity index (χ0v) is 32.9. The number of aromatic nitrogens is 5. The van der Waals surface area contributed by atoms with Crippen LogP contribution < -0.4 is 25.0 Å². The number of pyridine rings is 1. The van der Waals surface area contributed by atoms with Crippen LogP contribution in [-0.4, -0.2) is 86.2 Å². The number of hydrogen-bond acceptors (Lipinski definition) is 9. The Morgan fingerprint density at radius 2 is 1.68 bits per heavy atom. The third-order valence-electron chi connectivity index (χ3n) is 10.9. The minimum atomic E-state index is -0.290. The molecule has 5 aromatic rings. The molecule has 4 atom stereocenters. The molecule has 2 fully saturated rings. The van der Waals surface area contributed by atoms with Crippen molar-refractivity contribution in [3.05, 3.63) is 89.7 Å². The number of piperidine rings is 1. The molecular weight excluding hydrogens is 711 g/mol. The highest BCUT2D eigenvalue weighted by atomic mass is 16.5. The second-order valence-corrected chi connectivity index (χ2v) is 16.1. The van der Waals surface area contributed by atoms with E-state index < -0.39 is 0 Å². The number of urea groups is 1. The van der Waals surface area contributed by atoms with E-state index in [4.69, 9.17) is 24.5 Å². The molecule has 2 aromatic carbocycles. The normalized spacial score (nSPS) is 20.2. The first-order chi connectivity index (χ1) is 27.0. The maximum Gasteiger partial charge on any atom is 0.320 e. The molecule has 2 saturated heterocycles. The van der Waals surface area contributed by atoms with Gasteiger partial charge in [0.15, 0.2) is 5.65 Å². The van der Waals surface area contributed by atoms with Gasteiger partial charge in [-0.2, -0.15) is 5.10 Å². The quantitative estimate of drug-likeness (QED) is 0.125. The second-order valence-electron chi connectivity index (χ2n) is 16.1. The number of carbonyl (C=O) groups is 2. The third kappa shape index (κ3) is 8.44. The van der Waals surface area contributed by atoms with Gasteiger partial charge in [0.1, 0.15) is 30.0 Å². The molecule has 0 saturated carbocycles. The van der Waals surface area contributed by atoms with Gasteiger partial charge >= 0.3 is 6.03 Å². The van der Waals surface area contributed by atoms with Gasteiger partial charge in [-0.3, -0.25) is 14.5 Å². The van der Waals surface area contributed by atoms with E-state index in [1.165, 1.54) is 32.1 Å². The van der Waals surface area contributed by atoms with Gasteiger partial charge in [0.2, 0.25) is 5.95 Å². The van der Waals surface area contributed by atoms with Crippen molar-refractivity contribution in [2.45, 2.75) is 95.4 Å². The topological polar surface area (TPSA) is 151 Å². The largest absolute Gasteiger partial charge is 0.492 e. The van der Waals surface area contributed by atoms with Crippen molar-refractivity contribution in [3.63, 3.8) is 0 Å². The lowest BCUT2D eigenvalue weighted by molar-refractivity contribution is -0.122. The van der Waals surface area contributed by atoms with Gasteiger partial charge in [-0.1, -0.05) is 51.1 Å². The molecule has 14 heteroatoms. The van der Waals surface area contributed by atoms with Crippen molar-refractivity contribution < 1.29 is 24.2 Å². The average Bonchev–Trinajstić information content (AvgIpc) is 3.85. The summed E-state index contributed by atoms with van der Waals surface area (Å²) in [6, 6.07) is 22.6. The lowest BCUT2D eigenvalue weighted by atomic mass is 9.85. The van der Waals surface area contributed by atoms with Gasteiger partial charge in [0, 0.05) is 36.2 Å². The standard InChI is InChI=1S/C41H51N9O3.CH2O2/c1-41(2,3)36-25-38(50(46-36)29-12-9-13-30(24-29)52-23-22-47(4)5)43-39(51)42-34-19-20-35(33-15-7-6-14-32(33)34)53-31-18-21-37-44-45-40(48(37)26-31)49-27-10-8-11-28(49)17-16-27;2-1-3/h6-7,9,12-15,18,21,24-28,34-35H,8,10-11,16-17,19-20,22-23H2,1-5H3,(H2,42,43,51);1H,(H,2,3)/t27?,28?,34-,35+;/m0./s1. The molecule has 14 nitrogen and oxygen atoms in total. The Hall–Kier alpha value is -5.63. The molecule has 2 unspecified atom stereocenters. The van der Waals surface area contributed by atoms with Crippen molar-refractivity contribution in [3.8, 4) is 17.2 Å². The summed E-state index contributed by atoms with van der Waals surface area (Å²) in [6.07, 6.45) is 9.54. The first-order valence-electron chi connectivity index (χ1n) is 19.5. The van der Waals surface area contributed by atoms with Crippen LogP contribution >= 0.6 is 0 Å². The Balaban J connectivity index is 0.00000155. The van der Waals surface area contributed by atoms with E-state index in [0.29, 0.717) is 24.5 Å². The number of likely N-dealkylation sites (N-methyl/N-ethyl adjacent to an activating group) is 1. The summed E-state index contributed by atoms with van der Waals surface area (Å²) in [5.74, 6) is 3.04. The molecule has 3 N–H and O–H groups in total. The lowest BCUT2D eigenvalue weighted by Gasteiger charge is -2.34. The highest BCUT2D eigenvalue weighted by molar-refractivity contribution is 5.89. The molecule has 296 valence electrons. The summed E-state index contributed by atoms with van der Waals surface area (Å²) in [5, 5.41) is 27.3. The number of ether oxygens (including phenoxy) is 2. The van der Waals surface area contributed by atoms with Crippen LogP contribution in [0.4, 0.5) is 16.6 Å². The molecule has 5 heterocycles. The Morgan fingerprint density at radius 1 is 0.929 bits per heavy atom. The number of amides is 2. The summed E-state index contributed by atoms with van der Waals surface area (Å²) in [7, 11) is 4.04. The van der Waals surface area contributed by atoms with E-state index in [0.717, 1.165) is 65.0 Å². The molecule has 3 aromatic heterocycles. The van der Waals surface area contributed by atoms with Gasteiger partial charge in [-0.15, -0.1) is 10.2 Å². The van der Waals surface area contributed by atoms with E-state index >= 15 is 0 Å². The molecule has 0 radical (unpaired) electrons. The number of carboxylic acid groups (broad SMARTS) is 1. The summed E-state index contributed by atoms with van der Waals surface area (Å²) >= 11 is 0. The van der Waals surface area contributed by atoms with E-state index in [-0.39, 0.29) is 30.1 Å². The van der Waals surface area contributed by atoms with Crippen LogP contribution in [0.5, 0.6) is 11.5 Å². The predicted octanol–water partition coefficient (Wildman–Crippen LogP) is 7.15. The fourth-order valence-corrected chi connectivity index (χ4v) is 8.13. The van der Waals surface area contributed by atoms with Crippen LogP contribution in [-0.2, 0) is 10.2 Å². The molecule has 2 aliphatic heterocycles. The number of anilines is 2. The highest BCUT2D eigenvalue weighted by Gasteiger charge is 2.39. The first kappa shape index (κ1) is 38.6. The summed E-state index contributed by atoms with van der Waals surface area (Å²) < 4.78 is 16.6. The van der Waals surface area contributed by atoms with E-state index in [1.807, 2.05) is 74.9 Å². The van der Waals surface area contributed by atoms with E-state index in [2.05, 4.69) is 67.9 Å². The number of nitrogens with one attached hydrogen (secondary N) is 2. The predicted molar refractivity (Wildman–Crippen MR) is 215 cm³/mol.